The molecule has 1 aliphatic rings. The van der Waals surface area contributed by atoms with Gasteiger partial charge >= 0.3 is 5.97 Å². The average molecular weight is 302 g/mol. The molecule has 1 fully saturated rings. The summed E-state index contributed by atoms with van der Waals surface area (Å²) in [6.07, 6.45) is 2.41. The summed E-state index contributed by atoms with van der Waals surface area (Å²) in [5, 5.41) is 4.83. The van der Waals surface area contributed by atoms with E-state index in [1.54, 1.807) is 18.3 Å². The highest BCUT2D eigenvalue weighted by Crippen LogP contribution is 2.37. The highest BCUT2D eigenvalue weighted by Gasteiger charge is 2.43. The summed E-state index contributed by atoms with van der Waals surface area (Å²) in [6, 6.07) is 5.26. The smallest absolute Gasteiger partial charge is 0.309 e. The van der Waals surface area contributed by atoms with Crippen LogP contribution >= 0.6 is 23.2 Å². The Labute approximate surface area is 121 Å². The van der Waals surface area contributed by atoms with Crippen LogP contribution in [-0.2, 0) is 21.0 Å². The van der Waals surface area contributed by atoms with Crippen molar-refractivity contribution in [1.29, 1.82) is 0 Å². The van der Waals surface area contributed by atoms with Gasteiger partial charge in [0.15, 0.2) is 0 Å². The Bertz CT molecular complexity index is 505. The van der Waals surface area contributed by atoms with Gasteiger partial charge in [0.05, 0.1) is 23.1 Å². The Morgan fingerprint density at radius 2 is 2.26 bits per heavy atom. The van der Waals surface area contributed by atoms with Gasteiger partial charge in [0, 0.05) is 12.1 Å². The molecule has 2 rings (SSSR count). The van der Waals surface area contributed by atoms with E-state index in [-0.39, 0.29) is 17.8 Å². The summed E-state index contributed by atoms with van der Waals surface area (Å²) in [4.78, 5) is 16.3. The maximum atomic E-state index is 11.2. The number of rotatable bonds is 5. The summed E-state index contributed by atoms with van der Waals surface area (Å²) >= 11 is 11.7. The van der Waals surface area contributed by atoms with Crippen LogP contribution < -0.4 is 0 Å². The molecule has 0 unspecified atom stereocenters. The van der Waals surface area contributed by atoms with E-state index in [9.17, 15) is 4.79 Å². The Kier molecular flexibility index (Phi) is 4.66. The first kappa shape index (κ1) is 14.2. The maximum Gasteiger partial charge on any atom is 0.309 e. The second kappa shape index (κ2) is 6.26. The average Bonchev–Trinajstić information content (AvgIpc) is 3.17. The number of hydrogen-bond acceptors (Lipinski definition) is 4. The molecule has 1 aromatic carbocycles. The fourth-order valence-electron chi connectivity index (χ4n) is 1.66. The lowest BCUT2D eigenvalue weighted by atomic mass is 10.2. The van der Waals surface area contributed by atoms with Crippen molar-refractivity contribution >= 4 is 35.4 Å². The second-order valence-electron chi connectivity index (χ2n) is 4.31. The standard InChI is InChI=1S/C13H13Cl2NO3/c1-18-13(17)10-5-9(10)6-16-19-7-8-2-3-11(14)12(15)4-8/h2-4,6,9-10H,5,7H2,1H3/b16-6+/t9-,10+/m1/s1. The SMILES string of the molecule is COC(=O)[C@H]1C[C@@H]1/C=N/OCc1ccc(Cl)c(Cl)c1. The molecule has 1 saturated carbocycles. The molecule has 0 aliphatic heterocycles. The molecule has 1 aromatic rings. The lowest BCUT2D eigenvalue weighted by molar-refractivity contribution is -0.142. The number of carbonyl (C=O) groups is 1. The minimum atomic E-state index is -0.194. The van der Waals surface area contributed by atoms with E-state index in [4.69, 9.17) is 28.0 Å². The van der Waals surface area contributed by atoms with E-state index in [2.05, 4.69) is 9.89 Å². The van der Waals surface area contributed by atoms with Crippen LogP contribution in [0.1, 0.15) is 12.0 Å². The Morgan fingerprint density at radius 3 is 2.95 bits per heavy atom. The molecule has 102 valence electrons. The topological polar surface area (TPSA) is 47.9 Å². The van der Waals surface area contributed by atoms with Gasteiger partial charge in [0.1, 0.15) is 6.61 Å². The predicted molar refractivity (Wildman–Crippen MR) is 73.4 cm³/mol. The monoisotopic (exact) mass is 301 g/mol. The molecular weight excluding hydrogens is 289 g/mol. The third-order valence-electron chi connectivity index (χ3n) is 2.89. The second-order valence-corrected chi connectivity index (χ2v) is 5.12. The number of esters is 1. The zero-order valence-electron chi connectivity index (χ0n) is 10.3. The third kappa shape index (κ3) is 3.85. The highest BCUT2D eigenvalue weighted by molar-refractivity contribution is 6.42. The van der Waals surface area contributed by atoms with Gasteiger partial charge in [0.25, 0.3) is 0 Å². The van der Waals surface area contributed by atoms with Crippen LogP contribution in [0.4, 0.5) is 0 Å². The zero-order chi connectivity index (χ0) is 13.8. The van der Waals surface area contributed by atoms with Crippen LogP contribution in [0.15, 0.2) is 23.4 Å². The van der Waals surface area contributed by atoms with Gasteiger partial charge in [-0.1, -0.05) is 34.4 Å². The molecule has 0 radical (unpaired) electrons. The van der Waals surface area contributed by atoms with Crippen LogP contribution in [-0.4, -0.2) is 19.3 Å². The fourth-order valence-corrected chi connectivity index (χ4v) is 1.98. The van der Waals surface area contributed by atoms with Crippen molar-refractivity contribution in [2.24, 2.45) is 17.0 Å². The Morgan fingerprint density at radius 1 is 1.47 bits per heavy atom. The third-order valence-corrected chi connectivity index (χ3v) is 3.62. The first-order chi connectivity index (χ1) is 9.11. The number of ether oxygens (including phenoxy) is 1. The van der Waals surface area contributed by atoms with Crippen molar-refractivity contribution in [3.63, 3.8) is 0 Å². The largest absolute Gasteiger partial charge is 0.469 e. The van der Waals surface area contributed by atoms with Gasteiger partial charge in [0.2, 0.25) is 0 Å². The van der Waals surface area contributed by atoms with Crippen LogP contribution in [0.5, 0.6) is 0 Å². The molecule has 19 heavy (non-hydrogen) atoms. The van der Waals surface area contributed by atoms with Crippen molar-refractivity contribution in [2.75, 3.05) is 7.11 Å². The van der Waals surface area contributed by atoms with Crippen LogP contribution in [0.3, 0.4) is 0 Å². The number of hydrogen-bond donors (Lipinski definition) is 0. The molecule has 0 saturated heterocycles. The van der Waals surface area contributed by atoms with E-state index in [1.807, 2.05) is 6.07 Å². The van der Waals surface area contributed by atoms with Crippen molar-refractivity contribution in [1.82, 2.24) is 0 Å². The molecular formula is C13H13Cl2NO3. The van der Waals surface area contributed by atoms with Gasteiger partial charge in [-0.15, -0.1) is 0 Å². The van der Waals surface area contributed by atoms with Crippen molar-refractivity contribution < 1.29 is 14.4 Å². The molecule has 2 atom stereocenters. The van der Waals surface area contributed by atoms with Gasteiger partial charge < -0.3 is 9.57 Å². The number of halogens is 2. The number of carbonyl (C=O) groups excluding carboxylic acids is 1. The van der Waals surface area contributed by atoms with Gasteiger partial charge in [-0.2, -0.15) is 0 Å². The van der Waals surface area contributed by atoms with Crippen molar-refractivity contribution in [2.45, 2.75) is 13.0 Å². The molecule has 0 bridgehead atoms. The molecule has 0 heterocycles. The summed E-state index contributed by atoms with van der Waals surface area (Å²) < 4.78 is 4.64. The van der Waals surface area contributed by atoms with E-state index >= 15 is 0 Å². The van der Waals surface area contributed by atoms with Crippen LogP contribution in [0, 0.1) is 11.8 Å². The maximum absolute atomic E-state index is 11.2. The number of nitrogens with zero attached hydrogens (tertiary/aromatic N) is 1. The van der Waals surface area contributed by atoms with E-state index < -0.39 is 0 Å². The molecule has 0 aromatic heterocycles. The Balaban J connectivity index is 1.75. The summed E-state index contributed by atoms with van der Waals surface area (Å²) in [5.74, 6) is -0.135. The molecule has 0 amide bonds. The first-order valence-electron chi connectivity index (χ1n) is 5.79. The van der Waals surface area contributed by atoms with E-state index in [0.717, 1.165) is 12.0 Å². The fraction of sp³-hybridized carbons (Fsp3) is 0.385. The predicted octanol–water partition coefficient (Wildman–Crippen LogP) is 3.30. The molecule has 1 aliphatic carbocycles. The normalized spacial score (nSPS) is 21.4. The summed E-state index contributed by atoms with van der Waals surface area (Å²) in [5.41, 5.74) is 0.881. The van der Waals surface area contributed by atoms with E-state index in [1.165, 1.54) is 7.11 Å². The van der Waals surface area contributed by atoms with Crippen LogP contribution in [0.2, 0.25) is 10.0 Å². The molecule has 4 nitrogen and oxygen atoms in total. The van der Waals surface area contributed by atoms with Crippen LogP contribution in [0.25, 0.3) is 0 Å². The van der Waals surface area contributed by atoms with Crippen molar-refractivity contribution in [3.05, 3.63) is 33.8 Å². The van der Waals surface area contributed by atoms with E-state index in [0.29, 0.717) is 16.7 Å². The van der Waals surface area contributed by atoms with Crippen molar-refractivity contribution in [3.8, 4) is 0 Å². The quantitative estimate of drug-likeness (QED) is 0.476. The Hall–Kier alpha value is -1.26. The summed E-state index contributed by atoms with van der Waals surface area (Å²) in [6.45, 7) is 0.309. The first-order valence-corrected chi connectivity index (χ1v) is 6.54. The zero-order valence-corrected chi connectivity index (χ0v) is 11.8. The number of oxime groups is 1. The molecule has 6 heteroatoms. The van der Waals surface area contributed by atoms with Gasteiger partial charge in [-0.3, -0.25) is 4.79 Å². The number of benzene rings is 1. The lowest BCUT2D eigenvalue weighted by Gasteiger charge is -2.01. The molecule has 0 spiro atoms. The lowest BCUT2D eigenvalue weighted by Crippen LogP contribution is -2.04. The molecule has 0 N–H and O–H groups in total. The minimum Gasteiger partial charge on any atom is -0.469 e. The summed E-state index contributed by atoms with van der Waals surface area (Å²) in [7, 11) is 1.38. The number of methoxy groups -OCH3 is 1. The van der Waals surface area contributed by atoms with Gasteiger partial charge in [-0.25, -0.2) is 0 Å². The minimum absolute atomic E-state index is 0.0673. The highest BCUT2D eigenvalue weighted by atomic mass is 35.5. The van der Waals surface area contributed by atoms with Gasteiger partial charge in [-0.05, 0) is 24.1 Å².